The molecule has 5 aromatic heterocycles. The van der Waals surface area contributed by atoms with Gasteiger partial charge in [-0.1, -0.05) is 19.9 Å². The molecule has 6 rings (SSSR count). The summed E-state index contributed by atoms with van der Waals surface area (Å²) >= 11 is 1.11. The lowest BCUT2D eigenvalue weighted by molar-refractivity contribution is -0.118. The summed E-state index contributed by atoms with van der Waals surface area (Å²) in [5.41, 5.74) is 6.56. The lowest BCUT2D eigenvalue weighted by Gasteiger charge is -2.09. The molecule has 0 bridgehead atoms. The van der Waals surface area contributed by atoms with Gasteiger partial charge in [-0.15, -0.1) is 11.3 Å². The monoisotopic (exact) mass is 496 g/mol. The van der Waals surface area contributed by atoms with Crippen LogP contribution in [-0.2, 0) is 4.79 Å². The van der Waals surface area contributed by atoms with Crippen LogP contribution in [0.2, 0.25) is 0 Å². The van der Waals surface area contributed by atoms with Crippen molar-refractivity contribution in [2.24, 2.45) is 5.92 Å². The van der Waals surface area contributed by atoms with Crippen LogP contribution in [0.25, 0.3) is 54.9 Å². The maximum atomic E-state index is 13.7. The molecule has 0 fully saturated rings. The van der Waals surface area contributed by atoms with Crippen molar-refractivity contribution in [3.05, 3.63) is 72.3 Å². The first-order valence-corrected chi connectivity index (χ1v) is 12.3. The molecule has 1 amide bonds. The van der Waals surface area contributed by atoms with Crippen LogP contribution in [0.5, 0.6) is 0 Å². The van der Waals surface area contributed by atoms with Crippen LogP contribution in [0, 0.1) is 11.0 Å². The van der Waals surface area contributed by atoms with E-state index < -0.39 is 0 Å². The molecule has 0 spiro atoms. The normalized spacial score (nSPS) is 11.6. The number of hydrogen-bond acceptors (Lipinski definition) is 5. The number of anilines is 1. The van der Waals surface area contributed by atoms with Crippen LogP contribution in [-0.4, -0.2) is 31.1 Å². The second kappa shape index (κ2) is 8.69. The highest BCUT2D eigenvalue weighted by Crippen LogP contribution is 2.36. The van der Waals surface area contributed by atoms with Crippen molar-refractivity contribution in [3.63, 3.8) is 0 Å². The lowest BCUT2D eigenvalue weighted by atomic mass is 10.0. The third-order valence-corrected chi connectivity index (χ3v) is 6.96. The number of H-pyrrole nitrogens is 2. The highest BCUT2D eigenvalue weighted by Gasteiger charge is 2.16. The fourth-order valence-electron chi connectivity index (χ4n) is 4.18. The summed E-state index contributed by atoms with van der Waals surface area (Å²) in [5, 5.41) is 12.2. The molecule has 3 N–H and O–H groups in total. The van der Waals surface area contributed by atoms with Gasteiger partial charge >= 0.3 is 0 Å². The van der Waals surface area contributed by atoms with Gasteiger partial charge in [0.2, 0.25) is 5.91 Å². The number of halogens is 1. The molecule has 9 heteroatoms. The molecular weight excluding hydrogens is 475 g/mol. The zero-order valence-corrected chi connectivity index (χ0v) is 20.3. The molecule has 1 aromatic carbocycles. The lowest BCUT2D eigenvalue weighted by Crippen LogP contribution is -2.17. The topological polar surface area (TPSA) is 99.3 Å². The highest BCUT2D eigenvalue weighted by atomic mass is 32.1. The number of hydrogen-bond donors (Lipinski definition) is 3. The van der Waals surface area contributed by atoms with Gasteiger partial charge in [0.15, 0.2) is 5.13 Å². The number of benzene rings is 1. The van der Waals surface area contributed by atoms with Gasteiger partial charge in [-0.2, -0.15) is 9.49 Å². The van der Waals surface area contributed by atoms with Gasteiger partial charge in [-0.3, -0.25) is 14.9 Å². The highest BCUT2D eigenvalue weighted by molar-refractivity contribution is 7.14. The van der Waals surface area contributed by atoms with Gasteiger partial charge in [-0.05, 0) is 48.0 Å². The third kappa shape index (κ3) is 3.93. The van der Waals surface area contributed by atoms with Crippen LogP contribution < -0.4 is 5.32 Å². The summed E-state index contributed by atoms with van der Waals surface area (Å²) in [6.07, 6.45) is 5.12. The number of aromatic nitrogens is 5. The van der Waals surface area contributed by atoms with Gasteiger partial charge in [0.05, 0.1) is 23.1 Å². The average molecular weight is 497 g/mol. The molecule has 5 heterocycles. The molecular formula is C27H21FN6OS. The van der Waals surface area contributed by atoms with Crippen LogP contribution in [0.15, 0.2) is 67.1 Å². The summed E-state index contributed by atoms with van der Waals surface area (Å²) in [6.45, 7) is 3.70. The third-order valence-electron chi connectivity index (χ3n) is 6.05. The van der Waals surface area contributed by atoms with E-state index in [9.17, 15) is 9.18 Å². The number of pyridine rings is 2. The Labute approximate surface area is 209 Å². The molecule has 178 valence electrons. The van der Waals surface area contributed by atoms with Crippen LogP contribution in [0.4, 0.5) is 10.1 Å². The van der Waals surface area contributed by atoms with Crippen molar-refractivity contribution < 1.29 is 9.18 Å². The molecule has 0 aliphatic carbocycles. The number of aromatic amines is 2. The molecule has 0 aliphatic heterocycles. The zero-order valence-electron chi connectivity index (χ0n) is 19.5. The van der Waals surface area contributed by atoms with E-state index in [1.165, 1.54) is 6.07 Å². The Morgan fingerprint density at radius 1 is 1.03 bits per heavy atom. The van der Waals surface area contributed by atoms with E-state index in [2.05, 4.69) is 30.5 Å². The molecule has 6 aromatic rings. The SMILES string of the molecule is CC(C)C(=O)Nc1cncc(-c2ccc3[nH]nc(-c4cc5c(-c6ccc(F)s6)ccnc5[nH]4)c3c2)c1. The molecule has 0 aliphatic rings. The number of nitrogens with zero attached hydrogens (tertiary/aromatic N) is 3. The Bertz CT molecular complexity index is 1750. The van der Waals surface area contributed by atoms with Crippen molar-refractivity contribution in [1.82, 2.24) is 25.1 Å². The van der Waals surface area contributed by atoms with Crippen molar-refractivity contribution in [2.75, 3.05) is 5.32 Å². The predicted molar refractivity (Wildman–Crippen MR) is 141 cm³/mol. The summed E-state index contributed by atoms with van der Waals surface area (Å²) in [5.74, 6) is -0.178. The van der Waals surface area contributed by atoms with E-state index in [1.54, 1.807) is 24.7 Å². The number of carbonyl (C=O) groups excluding carboxylic acids is 1. The van der Waals surface area contributed by atoms with Crippen LogP contribution in [0.1, 0.15) is 13.8 Å². The van der Waals surface area contributed by atoms with E-state index in [1.807, 2.05) is 50.2 Å². The first-order valence-electron chi connectivity index (χ1n) is 11.4. The second-order valence-electron chi connectivity index (χ2n) is 8.85. The Morgan fingerprint density at radius 3 is 2.72 bits per heavy atom. The van der Waals surface area contributed by atoms with Crippen LogP contribution >= 0.6 is 11.3 Å². The van der Waals surface area contributed by atoms with Crippen molar-refractivity contribution in [3.8, 4) is 33.0 Å². The van der Waals surface area contributed by atoms with Crippen LogP contribution in [0.3, 0.4) is 0 Å². The quantitative estimate of drug-likeness (QED) is 0.249. The van der Waals surface area contributed by atoms with Gasteiger partial charge < -0.3 is 10.3 Å². The minimum atomic E-state index is -0.223. The Hall–Kier alpha value is -4.37. The van der Waals surface area contributed by atoms with Crippen molar-refractivity contribution >= 4 is 44.9 Å². The smallest absolute Gasteiger partial charge is 0.226 e. The minimum Gasteiger partial charge on any atom is -0.338 e. The van der Waals surface area contributed by atoms with E-state index >= 15 is 0 Å². The largest absolute Gasteiger partial charge is 0.338 e. The number of rotatable bonds is 5. The summed E-state index contributed by atoms with van der Waals surface area (Å²) in [7, 11) is 0. The molecule has 0 atom stereocenters. The molecule has 0 unspecified atom stereocenters. The zero-order chi connectivity index (χ0) is 24.8. The van der Waals surface area contributed by atoms with Gasteiger partial charge in [0.1, 0.15) is 11.3 Å². The maximum Gasteiger partial charge on any atom is 0.226 e. The standard InChI is InChI=1S/C27H21FN6OS/c1-14(2)27(35)31-17-9-16(12-29-13-17)15-3-4-21-20(10-15)25(34-33-21)22-11-19-18(7-8-30-26(19)32-22)23-5-6-24(28)36-23/h3-14H,1-2H3,(H,30,32)(H,31,35)(H,33,34). The number of nitrogens with one attached hydrogen (secondary N) is 3. The molecule has 0 saturated carbocycles. The average Bonchev–Trinajstić information content (AvgIpc) is 3.61. The Morgan fingerprint density at radius 2 is 1.92 bits per heavy atom. The molecule has 0 radical (unpaired) electrons. The van der Waals surface area contributed by atoms with Gasteiger partial charge in [0.25, 0.3) is 0 Å². The molecule has 0 saturated heterocycles. The predicted octanol–water partition coefficient (Wildman–Crippen LogP) is 6.63. The maximum absolute atomic E-state index is 13.7. The fraction of sp³-hybridized carbons (Fsp3) is 0.111. The van der Waals surface area contributed by atoms with Gasteiger partial charge in [0, 0.05) is 45.1 Å². The van der Waals surface area contributed by atoms with E-state index in [-0.39, 0.29) is 17.0 Å². The summed E-state index contributed by atoms with van der Waals surface area (Å²) < 4.78 is 13.7. The first kappa shape index (κ1) is 22.1. The van der Waals surface area contributed by atoms with Gasteiger partial charge in [-0.25, -0.2) is 4.98 Å². The fourth-order valence-corrected chi connectivity index (χ4v) is 4.95. The molecule has 36 heavy (non-hydrogen) atoms. The molecule has 7 nitrogen and oxygen atoms in total. The van der Waals surface area contributed by atoms with E-state index in [0.717, 1.165) is 60.6 Å². The first-order chi connectivity index (χ1) is 17.5. The van der Waals surface area contributed by atoms with E-state index in [4.69, 9.17) is 0 Å². The Balaban J connectivity index is 1.41. The summed E-state index contributed by atoms with van der Waals surface area (Å²) in [4.78, 5) is 25.1. The minimum absolute atomic E-state index is 0.0569. The number of amides is 1. The summed E-state index contributed by atoms with van der Waals surface area (Å²) in [6, 6.07) is 15.1. The number of thiophene rings is 1. The number of carbonyl (C=O) groups is 1. The Kier molecular flexibility index (Phi) is 5.34. The number of fused-ring (bicyclic) bond motifs is 2. The van der Waals surface area contributed by atoms with E-state index in [0.29, 0.717) is 11.3 Å². The van der Waals surface area contributed by atoms with Crippen molar-refractivity contribution in [1.29, 1.82) is 0 Å². The van der Waals surface area contributed by atoms with Crippen molar-refractivity contribution in [2.45, 2.75) is 13.8 Å². The second-order valence-corrected chi connectivity index (χ2v) is 9.88.